The summed E-state index contributed by atoms with van der Waals surface area (Å²) in [5.74, 6) is 0.485. The minimum absolute atomic E-state index is 0.139. The number of Topliss-reactive ketones (excluding diaryl/α,β-unsaturated/α-hetero) is 1. The van der Waals surface area contributed by atoms with Gasteiger partial charge in [-0.1, -0.05) is 13.8 Å². The van der Waals surface area contributed by atoms with E-state index in [-0.39, 0.29) is 5.91 Å². The first-order valence-corrected chi connectivity index (χ1v) is 8.19. The van der Waals surface area contributed by atoms with Crippen molar-refractivity contribution in [3.8, 4) is 0 Å². The number of unbranched alkanes of at least 4 members (excludes halogenated alkanes) is 2. The first-order chi connectivity index (χ1) is 9.70. The average molecular weight is 284 g/mol. The van der Waals surface area contributed by atoms with Crippen LogP contribution in [0.25, 0.3) is 0 Å². The number of carbonyl (C=O) groups excluding carboxylic acids is 2. The first-order valence-electron chi connectivity index (χ1n) is 8.19. The smallest absolute Gasteiger partial charge is 0.219 e. The Morgan fingerprint density at radius 2 is 1.45 bits per heavy atom. The molecule has 4 nitrogen and oxygen atoms in total. The molecule has 2 N–H and O–H groups in total. The Morgan fingerprint density at radius 3 is 2.15 bits per heavy atom. The van der Waals surface area contributed by atoms with Crippen LogP contribution in [-0.4, -0.2) is 31.3 Å². The van der Waals surface area contributed by atoms with Gasteiger partial charge in [-0.15, -0.1) is 0 Å². The van der Waals surface area contributed by atoms with Crippen molar-refractivity contribution in [2.24, 2.45) is 0 Å². The lowest BCUT2D eigenvalue weighted by molar-refractivity contribution is -0.121. The summed E-state index contributed by atoms with van der Waals surface area (Å²) in [6, 6.07) is 0. The molecular formula is C16H32N2O2. The second-order valence-electron chi connectivity index (χ2n) is 5.30. The van der Waals surface area contributed by atoms with E-state index >= 15 is 0 Å². The number of hydrogen-bond acceptors (Lipinski definition) is 3. The van der Waals surface area contributed by atoms with Gasteiger partial charge in [0, 0.05) is 25.8 Å². The van der Waals surface area contributed by atoms with E-state index in [2.05, 4.69) is 17.6 Å². The SMILES string of the molecule is CCCNCCCCC(=O)NCCCCC(=O)CCC. The Morgan fingerprint density at radius 1 is 0.750 bits per heavy atom. The van der Waals surface area contributed by atoms with Crippen molar-refractivity contribution in [2.75, 3.05) is 19.6 Å². The van der Waals surface area contributed by atoms with Crippen molar-refractivity contribution in [3.63, 3.8) is 0 Å². The lowest BCUT2D eigenvalue weighted by Gasteiger charge is -2.05. The Hall–Kier alpha value is -0.900. The number of carbonyl (C=O) groups is 2. The van der Waals surface area contributed by atoms with Gasteiger partial charge in [0.25, 0.3) is 0 Å². The third-order valence-electron chi connectivity index (χ3n) is 3.17. The van der Waals surface area contributed by atoms with Crippen LogP contribution in [0.1, 0.15) is 71.6 Å². The summed E-state index contributed by atoms with van der Waals surface area (Å²) in [6.45, 7) is 6.93. The van der Waals surface area contributed by atoms with Crippen LogP contribution >= 0.6 is 0 Å². The number of hydrogen-bond donors (Lipinski definition) is 2. The Labute approximate surface area is 124 Å². The van der Waals surface area contributed by atoms with Gasteiger partial charge in [-0.3, -0.25) is 9.59 Å². The van der Waals surface area contributed by atoms with Gasteiger partial charge in [0.2, 0.25) is 5.91 Å². The van der Waals surface area contributed by atoms with Crippen molar-refractivity contribution in [1.82, 2.24) is 10.6 Å². The van der Waals surface area contributed by atoms with E-state index in [1.54, 1.807) is 0 Å². The summed E-state index contributed by atoms with van der Waals surface area (Å²) < 4.78 is 0. The molecule has 0 aromatic heterocycles. The fourth-order valence-corrected chi connectivity index (χ4v) is 2.00. The van der Waals surface area contributed by atoms with Crippen molar-refractivity contribution >= 4 is 11.7 Å². The van der Waals surface area contributed by atoms with E-state index in [1.165, 1.54) is 0 Å². The maximum absolute atomic E-state index is 11.5. The average Bonchev–Trinajstić information content (AvgIpc) is 2.42. The first kappa shape index (κ1) is 19.1. The minimum atomic E-state index is 0.139. The summed E-state index contributed by atoms with van der Waals surface area (Å²) in [6.07, 6.45) is 7.84. The van der Waals surface area contributed by atoms with E-state index in [4.69, 9.17) is 0 Å². The molecule has 0 atom stereocenters. The van der Waals surface area contributed by atoms with Crippen LogP contribution in [0.4, 0.5) is 0 Å². The molecule has 0 aromatic carbocycles. The van der Waals surface area contributed by atoms with E-state index < -0.39 is 0 Å². The largest absolute Gasteiger partial charge is 0.356 e. The molecule has 0 aliphatic carbocycles. The van der Waals surface area contributed by atoms with Gasteiger partial charge in [0.15, 0.2) is 0 Å². The highest BCUT2D eigenvalue weighted by Gasteiger charge is 2.02. The summed E-state index contributed by atoms with van der Waals surface area (Å²) in [7, 11) is 0. The van der Waals surface area contributed by atoms with Crippen LogP contribution in [0.15, 0.2) is 0 Å². The standard InChI is InChI=1S/C16H32N2O2/c1-3-9-15(19)10-5-8-14-18-16(20)11-6-7-13-17-12-4-2/h17H,3-14H2,1-2H3,(H,18,20). The number of amides is 1. The maximum atomic E-state index is 11.5. The molecule has 0 bridgehead atoms. The highest BCUT2D eigenvalue weighted by Crippen LogP contribution is 2.01. The van der Waals surface area contributed by atoms with Crippen molar-refractivity contribution in [2.45, 2.75) is 71.6 Å². The molecule has 0 saturated carbocycles. The lowest BCUT2D eigenvalue weighted by Crippen LogP contribution is -2.24. The van der Waals surface area contributed by atoms with Gasteiger partial charge < -0.3 is 10.6 Å². The van der Waals surface area contributed by atoms with Crippen LogP contribution in [0, 0.1) is 0 Å². The fourth-order valence-electron chi connectivity index (χ4n) is 2.00. The predicted molar refractivity (Wildman–Crippen MR) is 83.8 cm³/mol. The molecule has 0 radical (unpaired) electrons. The Kier molecular flexibility index (Phi) is 13.9. The van der Waals surface area contributed by atoms with Crippen LogP contribution in [0.5, 0.6) is 0 Å². The maximum Gasteiger partial charge on any atom is 0.219 e. The van der Waals surface area contributed by atoms with Crippen molar-refractivity contribution < 1.29 is 9.59 Å². The van der Waals surface area contributed by atoms with Crippen LogP contribution in [0.3, 0.4) is 0 Å². The monoisotopic (exact) mass is 284 g/mol. The molecule has 118 valence electrons. The summed E-state index contributed by atoms with van der Waals surface area (Å²) >= 11 is 0. The molecule has 0 rings (SSSR count). The second kappa shape index (κ2) is 14.5. The number of nitrogens with one attached hydrogen (secondary N) is 2. The van der Waals surface area contributed by atoms with Gasteiger partial charge in [-0.25, -0.2) is 0 Å². The van der Waals surface area contributed by atoms with Gasteiger partial charge in [0.1, 0.15) is 5.78 Å². The Bertz CT molecular complexity index is 255. The number of ketones is 1. The van der Waals surface area contributed by atoms with E-state index in [0.717, 1.165) is 51.6 Å². The molecule has 0 fully saturated rings. The highest BCUT2D eigenvalue weighted by molar-refractivity contribution is 5.78. The molecule has 0 spiro atoms. The van der Waals surface area contributed by atoms with Crippen LogP contribution in [0.2, 0.25) is 0 Å². The minimum Gasteiger partial charge on any atom is -0.356 e. The van der Waals surface area contributed by atoms with E-state index in [0.29, 0.717) is 31.6 Å². The number of rotatable bonds is 14. The van der Waals surface area contributed by atoms with Gasteiger partial charge in [-0.2, -0.15) is 0 Å². The third kappa shape index (κ3) is 13.5. The molecule has 0 aliphatic rings. The molecular weight excluding hydrogens is 252 g/mol. The Balaban J connectivity index is 3.26. The zero-order chi connectivity index (χ0) is 15.1. The highest BCUT2D eigenvalue weighted by atomic mass is 16.1. The molecule has 4 heteroatoms. The van der Waals surface area contributed by atoms with Crippen LogP contribution in [-0.2, 0) is 9.59 Å². The van der Waals surface area contributed by atoms with Crippen molar-refractivity contribution in [3.05, 3.63) is 0 Å². The van der Waals surface area contributed by atoms with Crippen LogP contribution < -0.4 is 10.6 Å². The molecule has 0 aliphatic heterocycles. The molecule has 0 saturated heterocycles. The molecule has 20 heavy (non-hydrogen) atoms. The molecule has 0 unspecified atom stereocenters. The summed E-state index contributed by atoms with van der Waals surface area (Å²) in [5.41, 5.74) is 0. The van der Waals surface area contributed by atoms with Gasteiger partial charge in [0.05, 0.1) is 0 Å². The third-order valence-corrected chi connectivity index (χ3v) is 3.17. The lowest BCUT2D eigenvalue weighted by atomic mass is 10.1. The van der Waals surface area contributed by atoms with Gasteiger partial charge >= 0.3 is 0 Å². The second-order valence-corrected chi connectivity index (χ2v) is 5.30. The zero-order valence-electron chi connectivity index (χ0n) is 13.3. The zero-order valence-corrected chi connectivity index (χ0v) is 13.3. The fraction of sp³-hybridized carbons (Fsp3) is 0.875. The topological polar surface area (TPSA) is 58.2 Å². The summed E-state index contributed by atoms with van der Waals surface area (Å²) in [4.78, 5) is 22.8. The molecule has 1 amide bonds. The normalized spacial score (nSPS) is 10.5. The van der Waals surface area contributed by atoms with Crippen molar-refractivity contribution in [1.29, 1.82) is 0 Å². The van der Waals surface area contributed by atoms with E-state index in [1.807, 2.05) is 6.92 Å². The molecule has 0 heterocycles. The van der Waals surface area contributed by atoms with E-state index in [9.17, 15) is 9.59 Å². The summed E-state index contributed by atoms with van der Waals surface area (Å²) in [5, 5.41) is 6.25. The molecule has 0 aromatic rings. The quantitative estimate of drug-likeness (QED) is 0.482. The predicted octanol–water partition coefficient (Wildman–Crippen LogP) is 2.81. The van der Waals surface area contributed by atoms with Gasteiger partial charge in [-0.05, 0) is 51.6 Å².